The minimum absolute atomic E-state index is 0.00223. The highest BCUT2D eigenvalue weighted by molar-refractivity contribution is 7.22. The van der Waals surface area contributed by atoms with Crippen molar-refractivity contribution in [1.29, 1.82) is 0 Å². The number of amides is 2. The van der Waals surface area contributed by atoms with Gasteiger partial charge in [-0.1, -0.05) is 53.8 Å². The lowest BCUT2D eigenvalue weighted by atomic mass is 10.1. The Hall–Kier alpha value is -2.77. The summed E-state index contributed by atoms with van der Waals surface area (Å²) in [4.78, 5) is 31.1. The number of aromatic nitrogens is 1. The van der Waals surface area contributed by atoms with Gasteiger partial charge in [-0.25, -0.2) is 4.98 Å². The van der Waals surface area contributed by atoms with Crippen LogP contribution >= 0.6 is 11.3 Å². The summed E-state index contributed by atoms with van der Waals surface area (Å²) < 4.78 is 6.31. The Morgan fingerprint density at radius 2 is 1.96 bits per heavy atom. The van der Waals surface area contributed by atoms with Crippen LogP contribution in [0.25, 0.3) is 10.2 Å². The molecule has 0 spiro atoms. The Labute approximate surface area is 154 Å². The number of carbonyl (C=O) groups excluding carboxylic acids is 2. The van der Waals surface area contributed by atoms with Crippen molar-refractivity contribution < 1.29 is 14.3 Å². The molecule has 2 amide bonds. The zero-order valence-electron chi connectivity index (χ0n) is 13.9. The zero-order valence-corrected chi connectivity index (χ0v) is 14.7. The van der Waals surface area contributed by atoms with Gasteiger partial charge in [-0.3, -0.25) is 9.59 Å². The molecule has 1 saturated heterocycles. The summed E-state index contributed by atoms with van der Waals surface area (Å²) in [6, 6.07) is 16.6. The molecule has 2 aromatic carbocycles. The Morgan fingerprint density at radius 3 is 2.77 bits per heavy atom. The highest BCUT2D eigenvalue weighted by Crippen LogP contribution is 2.26. The molecular weight excluding hydrogens is 350 g/mol. The maximum atomic E-state index is 12.8. The summed E-state index contributed by atoms with van der Waals surface area (Å²) >= 11 is 1.41. The normalized spacial score (nSPS) is 17.5. The van der Waals surface area contributed by atoms with Crippen LogP contribution in [0, 0.1) is 0 Å². The van der Waals surface area contributed by atoms with Crippen molar-refractivity contribution in [3.05, 3.63) is 60.2 Å². The monoisotopic (exact) mass is 367 g/mol. The molecule has 1 atom stereocenters. The fourth-order valence-corrected chi connectivity index (χ4v) is 3.78. The number of hydrogen-bond acceptors (Lipinski definition) is 5. The van der Waals surface area contributed by atoms with E-state index in [0.717, 1.165) is 15.8 Å². The zero-order chi connectivity index (χ0) is 17.9. The molecule has 1 aromatic heterocycles. The van der Waals surface area contributed by atoms with E-state index in [4.69, 9.17) is 4.74 Å². The van der Waals surface area contributed by atoms with Crippen LogP contribution in [0.4, 0.5) is 5.13 Å². The van der Waals surface area contributed by atoms with E-state index in [1.54, 1.807) is 4.90 Å². The molecule has 1 aliphatic rings. The number of ether oxygens (including phenoxy) is 1. The largest absolute Gasteiger partial charge is 0.369 e. The predicted octanol–water partition coefficient (Wildman–Crippen LogP) is 2.66. The molecule has 0 unspecified atom stereocenters. The lowest BCUT2D eigenvalue weighted by Crippen LogP contribution is -2.54. The van der Waals surface area contributed by atoms with Gasteiger partial charge in [0.05, 0.1) is 16.8 Å². The fourth-order valence-electron chi connectivity index (χ4n) is 2.91. The first kappa shape index (κ1) is 16.7. The van der Waals surface area contributed by atoms with Gasteiger partial charge in [0, 0.05) is 6.54 Å². The standard InChI is InChI=1S/C19H17N3O3S/c23-17-12-25-11-15(22(17)10-13-6-2-1-3-7-13)18(24)21-19-20-14-8-4-5-9-16(14)26-19/h1-9,15H,10-12H2,(H,20,21,24)/t15-/m0/s1. The van der Waals surface area contributed by atoms with Crippen LogP contribution < -0.4 is 5.32 Å². The number of hydrogen-bond donors (Lipinski definition) is 1. The number of morpholine rings is 1. The summed E-state index contributed by atoms with van der Waals surface area (Å²) in [7, 11) is 0. The summed E-state index contributed by atoms with van der Waals surface area (Å²) in [5.74, 6) is -0.474. The second-order valence-electron chi connectivity index (χ2n) is 6.01. The molecule has 0 radical (unpaired) electrons. The van der Waals surface area contributed by atoms with Crippen LogP contribution in [0.3, 0.4) is 0 Å². The highest BCUT2D eigenvalue weighted by atomic mass is 32.1. The molecule has 2 heterocycles. The van der Waals surface area contributed by atoms with Crippen molar-refractivity contribution in [2.45, 2.75) is 12.6 Å². The van der Waals surface area contributed by atoms with Gasteiger partial charge >= 0.3 is 0 Å². The van der Waals surface area contributed by atoms with E-state index in [1.165, 1.54) is 11.3 Å². The van der Waals surface area contributed by atoms with E-state index < -0.39 is 6.04 Å². The van der Waals surface area contributed by atoms with E-state index in [0.29, 0.717) is 11.7 Å². The van der Waals surface area contributed by atoms with E-state index in [-0.39, 0.29) is 25.0 Å². The molecule has 26 heavy (non-hydrogen) atoms. The van der Waals surface area contributed by atoms with E-state index in [2.05, 4.69) is 10.3 Å². The van der Waals surface area contributed by atoms with Gasteiger partial charge in [0.15, 0.2) is 5.13 Å². The number of benzene rings is 2. The molecule has 1 N–H and O–H groups in total. The Bertz CT molecular complexity index is 908. The Kier molecular flexibility index (Phi) is 4.64. The molecule has 132 valence electrons. The van der Waals surface area contributed by atoms with Crippen LogP contribution in [0.2, 0.25) is 0 Å². The van der Waals surface area contributed by atoms with Crippen molar-refractivity contribution in [3.8, 4) is 0 Å². The number of nitrogens with one attached hydrogen (secondary N) is 1. The quantitative estimate of drug-likeness (QED) is 0.770. The molecule has 4 rings (SSSR count). The molecule has 6 nitrogen and oxygen atoms in total. The second-order valence-corrected chi connectivity index (χ2v) is 7.04. The van der Waals surface area contributed by atoms with E-state index in [1.807, 2.05) is 54.6 Å². The van der Waals surface area contributed by atoms with Gasteiger partial charge in [0.1, 0.15) is 12.6 Å². The van der Waals surface area contributed by atoms with Crippen molar-refractivity contribution in [1.82, 2.24) is 9.88 Å². The van der Waals surface area contributed by atoms with E-state index in [9.17, 15) is 9.59 Å². The topological polar surface area (TPSA) is 71.5 Å². The molecule has 0 bridgehead atoms. The second kappa shape index (κ2) is 7.23. The maximum Gasteiger partial charge on any atom is 0.251 e. The average molecular weight is 367 g/mol. The number of carbonyl (C=O) groups is 2. The molecular formula is C19H17N3O3S. The first-order valence-electron chi connectivity index (χ1n) is 8.28. The minimum atomic E-state index is -0.677. The van der Waals surface area contributed by atoms with Crippen LogP contribution in [-0.4, -0.2) is 41.0 Å². The molecule has 0 aliphatic carbocycles. The van der Waals surface area contributed by atoms with E-state index >= 15 is 0 Å². The van der Waals surface area contributed by atoms with Gasteiger partial charge in [-0.2, -0.15) is 0 Å². The number of para-hydroxylation sites is 1. The molecule has 0 saturated carbocycles. The summed E-state index contributed by atoms with van der Waals surface area (Å²) in [6.45, 7) is 0.550. The van der Waals surface area contributed by atoms with Gasteiger partial charge in [-0.05, 0) is 17.7 Å². The molecule has 1 fully saturated rings. The smallest absolute Gasteiger partial charge is 0.251 e. The van der Waals surface area contributed by atoms with Crippen LogP contribution in [0.15, 0.2) is 54.6 Å². The predicted molar refractivity (Wildman–Crippen MR) is 99.8 cm³/mol. The third-order valence-electron chi connectivity index (χ3n) is 4.22. The molecule has 7 heteroatoms. The summed E-state index contributed by atoms with van der Waals surface area (Å²) in [6.07, 6.45) is 0. The number of rotatable bonds is 4. The molecule has 1 aliphatic heterocycles. The maximum absolute atomic E-state index is 12.8. The van der Waals surface area contributed by atoms with Crippen molar-refractivity contribution >= 4 is 38.5 Å². The summed E-state index contributed by atoms with van der Waals surface area (Å²) in [5.41, 5.74) is 1.81. The van der Waals surface area contributed by atoms with Gasteiger partial charge in [-0.15, -0.1) is 0 Å². The number of anilines is 1. The molecule has 3 aromatic rings. The van der Waals surface area contributed by atoms with Crippen molar-refractivity contribution in [2.75, 3.05) is 18.5 Å². The SMILES string of the molecule is O=C(Nc1nc2ccccc2s1)[C@@H]1COCC(=O)N1Cc1ccccc1. The third kappa shape index (κ3) is 3.44. The van der Waals surface area contributed by atoms with Crippen LogP contribution in [0.1, 0.15) is 5.56 Å². The van der Waals surface area contributed by atoms with Crippen LogP contribution in [-0.2, 0) is 20.9 Å². The first-order chi connectivity index (χ1) is 12.7. The van der Waals surface area contributed by atoms with Gasteiger partial charge < -0.3 is 15.0 Å². The highest BCUT2D eigenvalue weighted by Gasteiger charge is 2.34. The Morgan fingerprint density at radius 1 is 1.19 bits per heavy atom. The Balaban J connectivity index is 1.53. The van der Waals surface area contributed by atoms with Gasteiger partial charge in [0.2, 0.25) is 5.91 Å². The average Bonchev–Trinajstić information content (AvgIpc) is 3.06. The van der Waals surface area contributed by atoms with Crippen molar-refractivity contribution in [3.63, 3.8) is 0 Å². The third-order valence-corrected chi connectivity index (χ3v) is 5.17. The lowest BCUT2D eigenvalue weighted by molar-refractivity contribution is -0.154. The van der Waals surface area contributed by atoms with Gasteiger partial charge in [0.25, 0.3) is 5.91 Å². The van der Waals surface area contributed by atoms with Crippen molar-refractivity contribution in [2.24, 2.45) is 0 Å². The minimum Gasteiger partial charge on any atom is -0.369 e. The number of thiazole rings is 1. The first-order valence-corrected chi connectivity index (χ1v) is 9.10. The lowest BCUT2D eigenvalue weighted by Gasteiger charge is -2.34. The number of nitrogens with zero attached hydrogens (tertiary/aromatic N) is 2. The fraction of sp³-hybridized carbons (Fsp3) is 0.211. The van der Waals surface area contributed by atoms with Crippen LogP contribution in [0.5, 0.6) is 0 Å². The number of fused-ring (bicyclic) bond motifs is 1. The summed E-state index contributed by atoms with van der Waals surface area (Å²) in [5, 5.41) is 3.35.